The molecule has 0 unspecified atom stereocenters. The second-order valence-corrected chi connectivity index (χ2v) is 4.35. The molecule has 0 aromatic heterocycles. The van der Waals surface area contributed by atoms with E-state index in [4.69, 9.17) is 16.3 Å². The first kappa shape index (κ1) is 14.6. The Bertz CT molecular complexity index is 397. The number of hydrogen-bond acceptors (Lipinski definition) is 2. The molecule has 0 spiro atoms. The van der Waals surface area contributed by atoms with E-state index >= 15 is 0 Å². The monoisotopic (exact) mass is 270 g/mol. The minimum Gasteiger partial charge on any atom is -0.492 e. The van der Waals surface area contributed by atoms with Gasteiger partial charge in [0.25, 0.3) is 0 Å². The fourth-order valence-electron chi connectivity index (χ4n) is 1.34. The number of amides is 2. The Hall–Kier alpha value is -1.42. The zero-order valence-electron chi connectivity index (χ0n) is 10.8. The number of benzene rings is 1. The molecule has 4 nitrogen and oxygen atoms in total. The van der Waals surface area contributed by atoms with Crippen LogP contribution in [0.4, 0.5) is 4.79 Å². The summed E-state index contributed by atoms with van der Waals surface area (Å²) in [5.41, 5.74) is 0.975. The van der Waals surface area contributed by atoms with Crippen LogP contribution in [0.3, 0.4) is 0 Å². The molecule has 2 amide bonds. The highest BCUT2D eigenvalue weighted by Gasteiger charge is 2.00. The molecule has 1 rings (SSSR count). The van der Waals surface area contributed by atoms with Crippen LogP contribution in [0.25, 0.3) is 0 Å². The van der Waals surface area contributed by atoms with Gasteiger partial charge in [-0.1, -0.05) is 18.5 Å². The van der Waals surface area contributed by atoms with Crippen molar-refractivity contribution in [2.24, 2.45) is 0 Å². The topological polar surface area (TPSA) is 50.4 Å². The van der Waals surface area contributed by atoms with Crippen molar-refractivity contribution in [3.8, 4) is 5.75 Å². The van der Waals surface area contributed by atoms with E-state index in [2.05, 4.69) is 10.6 Å². The molecular weight excluding hydrogens is 252 g/mol. The van der Waals surface area contributed by atoms with Gasteiger partial charge in [-0.2, -0.15) is 0 Å². The molecule has 0 heterocycles. The first-order chi connectivity index (χ1) is 8.63. The molecule has 0 aliphatic carbocycles. The lowest BCUT2D eigenvalue weighted by Crippen LogP contribution is -2.37. The Morgan fingerprint density at radius 1 is 1.33 bits per heavy atom. The van der Waals surface area contributed by atoms with Crippen LogP contribution in [0.1, 0.15) is 18.9 Å². The number of carbonyl (C=O) groups is 1. The van der Waals surface area contributed by atoms with Gasteiger partial charge in [0, 0.05) is 11.6 Å². The highest BCUT2D eigenvalue weighted by atomic mass is 35.5. The summed E-state index contributed by atoms with van der Waals surface area (Å²) in [6.07, 6.45) is 0.925. The van der Waals surface area contributed by atoms with E-state index in [0.29, 0.717) is 19.7 Å². The minimum atomic E-state index is -0.160. The Labute approximate surface area is 113 Å². The van der Waals surface area contributed by atoms with Gasteiger partial charge in [-0.05, 0) is 37.1 Å². The predicted molar refractivity (Wildman–Crippen MR) is 73.4 cm³/mol. The molecule has 0 aliphatic heterocycles. The number of ether oxygens (including phenoxy) is 1. The van der Waals surface area contributed by atoms with E-state index in [1.165, 1.54) is 0 Å². The van der Waals surface area contributed by atoms with Crippen molar-refractivity contribution in [2.45, 2.75) is 20.3 Å². The summed E-state index contributed by atoms with van der Waals surface area (Å²) in [5, 5.41) is 6.16. The van der Waals surface area contributed by atoms with Crippen LogP contribution in [0.15, 0.2) is 18.2 Å². The van der Waals surface area contributed by atoms with Crippen molar-refractivity contribution >= 4 is 17.6 Å². The summed E-state index contributed by atoms with van der Waals surface area (Å²) in [7, 11) is 0. The van der Waals surface area contributed by atoms with Crippen LogP contribution in [0.2, 0.25) is 5.02 Å². The minimum absolute atomic E-state index is 0.160. The molecule has 1 aromatic rings. The van der Waals surface area contributed by atoms with Gasteiger partial charge < -0.3 is 15.4 Å². The summed E-state index contributed by atoms with van der Waals surface area (Å²) in [6.45, 7) is 5.51. The molecule has 18 heavy (non-hydrogen) atoms. The fourth-order valence-corrected chi connectivity index (χ4v) is 1.46. The zero-order valence-corrected chi connectivity index (χ0v) is 11.5. The van der Waals surface area contributed by atoms with E-state index in [9.17, 15) is 4.79 Å². The van der Waals surface area contributed by atoms with Gasteiger partial charge in [-0.15, -0.1) is 0 Å². The molecule has 0 saturated heterocycles. The van der Waals surface area contributed by atoms with Crippen LogP contribution in [-0.4, -0.2) is 25.7 Å². The molecule has 5 heteroatoms. The lowest BCUT2D eigenvalue weighted by molar-refractivity contribution is 0.236. The van der Waals surface area contributed by atoms with Crippen molar-refractivity contribution in [3.63, 3.8) is 0 Å². The molecule has 0 atom stereocenters. The average Bonchev–Trinajstić information content (AvgIpc) is 2.36. The molecule has 0 aliphatic rings. The second kappa shape index (κ2) is 7.82. The summed E-state index contributed by atoms with van der Waals surface area (Å²) < 4.78 is 5.50. The lowest BCUT2D eigenvalue weighted by Gasteiger charge is -2.09. The number of urea groups is 1. The summed E-state index contributed by atoms with van der Waals surface area (Å²) in [6, 6.07) is 5.33. The van der Waals surface area contributed by atoms with E-state index in [0.717, 1.165) is 22.8 Å². The molecule has 0 saturated carbocycles. The number of aryl methyl sites for hydroxylation is 1. The molecular formula is C13H19ClN2O2. The van der Waals surface area contributed by atoms with Gasteiger partial charge in [0.15, 0.2) is 0 Å². The van der Waals surface area contributed by atoms with Crippen LogP contribution in [-0.2, 0) is 0 Å². The van der Waals surface area contributed by atoms with Gasteiger partial charge in [0.2, 0.25) is 0 Å². The molecule has 0 radical (unpaired) electrons. The third-order valence-electron chi connectivity index (χ3n) is 2.32. The van der Waals surface area contributed by atoms with E-state index in [1.807, 2.05) is 26.0 Å². The molecule has 2 N–H and O–H groups in total. The highest BCUT2D eigenvalue weighted by Crippen LogP contribution is 2.20. The van der Waals surface area contributed by atoms with Crippen LogP contribution in [0, 0.1) is 6.92 Å². The van der Waals surface area contributed by atoms with Crippen LogP contribution < -0.4 is 15.4 Å². The molecule has 0 bridgehead atoms. The molecule has 0 fully saturated rings. The first-order valence-electron chi connectivity index (χ1n) is 6.04. The Morgan fingerprint density at radius 3 is 2.72 bits per heavy atom. The Balaban J connectivity index is 2.21. The third kappa shape index (κ3) is 5.27. The van der Waals surface area contributed by atoms with Gasteiger partial charge >= 0.3 is 6.03 Å². The summed E-state index contributed by atoms with van der Waals surface area (Å²) >= 11 is 5.91. The van der Waals surface area contributed by atoms with Gasteiger partial charge in [-0.3, -0.25) is 0 Å². The smallest absolute Gasteiger partial charge is 0.314 e. The first-order valence-corrected chi connectivity index (χ1v) is 6.42. The maximum Gasteiger partial charge on any atom is 0.314 e. The maximum absolute atomic E-state index is 11.2. The number of halogens is 1. The van der Waals surface area contributed by atoms with Crippen molar-refractivity contribution in [2.75, 3.05) is 19.7 Å². The Morgan fingerprint density at radius 2 is 2.06 bits per heavy atom. The van der Waals surface area contributed by atoms with Crippen molar-refractivity contribution in [1.29, 1.82) is 0 Å². The largest absolute Gasteiger partial charge is 0.492 e. The SMILES string of the molecule is CCCNC(=O)NCCOc1ccc(Cl)c(C)c1. The highest BCUT2D eigenvalue weighted by molar-refractivity contribution is 6.31. The third-order valence-corrected chi connectivity index (χ3v) is 2.75. The average molecular weight is 271 g/mol. The normalized spacial score (nSPS) is 9.94. The quantitative estimate of drug-likeness (QED) is 0.781. The number of nitrogens with one attached hydrogen (secondary N) is 2. The van der Waals surface area contributed by atoms with Crippen LogP contribution >= 0.6 is 11.6 Å². The fraction of sp³-hybridized carbons (Fsp3) is 0.462. The summed E-state index contributed by atoms with van der Waals surface area (Å²) in [5.74, 6) is 0.757. The van der Waals surface area contributed by atoms with Gasteiger partial charge in [-0.25, -0.2) is 4.79 Å². The van der Waals surface area contributed by atoms with Crippen molar-refractivity contribution in [1.82, 2.24) is 10.6 Å². The predicted octanol–water partition coefficient (Wildman–Crippen LogP) is 2.74. The molecule has 100 valence electrons. The van der Waals surface area contributed by atoms with E-state index in [-0.39, 0.29) is 6.03 Å². The zero-order chi connectivity index (χ0) is 13.4. The number of carbonyl (C=O) groups excluding carboxylic acids is 1. The van der Waals surface area contributed by atoms with E-state index < -0.39 is 0 Å². The second-order valence-electron chi connectivity index (χ2n) is 3.94. The summed E-state index contributed by atoms with van der Waals surface area (Å²) in [4.78, 5) is 11.2. The lowest BCUT2D eigenvalue weighted by atomic mass is 10.2. The van der Waals surface area contributed by atoms with E-state index in [1.54, 1.807) is 6.07 Å². The van der Waals surface area contributed by atoms with Gasteiger partial charge in [0.05, 0.1) is 6.54 Å². The van der Waals surface area contributed by atoms with Crippen LogP contribution in [0.5, 0.6) is 5.75 Å². The van der Waals surface area contributed by atoms with Crippen molar-refractivity contribution < 1.29 is 9.53 Å². The van der Waals surface area contributed by atoms with Gasteiger partial charge in [0.1, 0.15) is 12.4 Å². The number of hydrogen-bond donors (Lipinski definition) is 2. The maximum atomic E-state index is 11.2. The standard InChI is InChI=1S/C13H19ClN2O2/c1-3-6-15-13(17)16-7-8-18-11-4-5-12(14)10(2)9-11/h4-5,9H,3,6-8H2,1-2H3,(H2,15,16,17). The molecule has 1 aromatic carbocycles. The number of rotatable bonds is 6. The Kier molecular flexibility index (Phi) is 6.36. The van der Waals surface area contributed by atoms with Crippen molar-refractivity contribution in [3.05, 3.63) is 28.8 Å².